The molecule has 0 amide bonds. The van der Waals surface area contributed by atoms with Crippen molar-refractivity contribution in [1.82, 2.24) is 0 Å². The van der Waals surface area contributed by atoms with E-state index in [4.69, 9.17) is 0 Å². The Morgan fingerprint density at radius 2 is 1.28 bits per heavy atom. The molecule has 0 spiro atoms. The smallest absolute Gasteiger partial charge is 0.00760 e. The average molecular weight is 234 g/mol. The zero-order chi connectivity index (χ0) is 11.8. The lowest BCUT2D eigenvalue weighted by molar-refractivity contribution is 1.67. The van der Waals surface area contributed by atoms with Gasteiger partial charge in [0, 0.05) is 0 Å². The average Bonchev–Trinajstić information content (AvgIpc) is 2.35. The van der Waals surface area contributed by atoms with Gasteiger partial charge in [-0.2, -0.15) is 0 Å². The van der Waals surface area contributed by atoms with E-state index in [1.807, 2.05) is 0 Å². The Labute approximate surface area is 109 Å². The van der Waals surface area contributed by atoms with Crippen molar-refractivity contribution in [3.63, 3.8) is 0 Å². The molecule has 0 heteroatoms. The number of hydrogen-bond donors (Lipinski definition) is 0. The highest BCUT2D eigenvalue weighted by molar-refractivity contribution is 6.08. The lowest BCUT2D eigenvalue weighted by Crippen LogP contribution is -1.86. The van der Waals surface area contributed by atoms with Gasteiger partial charge in [0.05, 0.1) is 0 Å². The highest BCUT2D eigenvalue weighted by Gasteiger charge is 2.06. The van der Waals surface area contributed by atoms with Crippen molar-refractivity contribution in [2.24, 2.45) is 0 Å². The lowest BCUT2D eigenvalue weighted by Gasteiger charge is -2.11. The van der Waals surface area contributed by atoms with Crippen molar-refractivity contribution in [2.45, 2.75) is 14.4 Å². The molecule has 0 fully saturated rings. The van der Waals surface area contributed by atoms with Gasteiger partial charge in [-0.05, 0) is 45.7 Å². The summed E-state index contributed by atoms with van der Waals surface area (Å²) in [5, 5.41) is 5.14. The molecule has 0 atom stereocenters. The summed E-state index contributed by atoms with van der Waals surface area (Å²) in [4.78, 5) is 0. The molecule has 0 bridgehead atoms. The maximum absolute atomic E-state index is 4.13. The van der Waals surface area contributed by atoms with Crippen molar-refractivity contribution in [3.05, 3.63) is 66.7 Å². The Morgan fingerprint density at radius 3 is 1.72 bits per heavy atom. The molecule has 0 aromatic heterocycles. The van der Waals surface area contributed by atoms with E-state index in [1.54, 1.807) is 0 Å². The molecule has 0 aliphatic heterocycles. The molecule has 0 aliphatic carbocycles. The number of rotatable bonds is 1. The fourth-order valence-electron chi connectivity index (χ4n) is 2.47. The van der Waals surface area contributed by atoms with E-state index < -0.39 is 0 Å². The number of hydrogen-bond acceptors (Lipinski definition) is 0. The van der Waals surface area contributed by atoms with Gasteiger partial charge in [0.15, 0.2) is 0 Å². The first-order valence-corrected chi connectivity index (χ1v) is 5.84. The van der Waals surface area contributed by atoms with Crippen molar-refractivity contribution in [1.29, 1.82) is 0 Å². The second-order valence-corrected chi connectivity index (χ2v) is 4.47. The van der Waals surface area contributed by atoms with Crippen LogP contribution in [0.3, 0.4) is 0 Å². The minimum atomic E-state index is 0. The van der Waals surface area contributed by atoms with Crippen LogP contribution in [0.4, 0.5) is 0 Å². The van der Waals surface area contributed by atoms with Gasteiger partial charge in [-0.25, -0.2) is 0 Å². The van der Waals surface area contributed by atoms with Crippen molar-refractivity contribution in [3.8, 4) is 0 Å². The van der Waals surface area contributed by atoms with Gasteiger partial charge in [-0.3, -0.25) is 0 Å². The van der Waals surface area contributed by atoms with Crippen LogP contribution in [0.1, 0.15) is 19.9 Å². The fraction of sp³-hybridized carbons (Fsp3) is 0.111. The van der Waals surface area contributed by atoms with Crippen LogP contribution in [0.5, 0.6) is 0 Å². The zero-order valence-electron chi connectivity index (χ0n) is 9.90. The zero-order valence-corrected chi connectivity index (χ0v) is 9.90. The van der Waals surface area contributed by atoms with Crippen molar-refractivity contribution in [2.75, 3.05) is 0 Å². The van der Waals surface area contributed by atoms with Gasteiger partial charge in [-0.1, -0.05) is 62.5 Å². The van der Waals surface area contributed by atoms with E-state index in [9.17, 15) is 0 Å². The number of allylic oxidation sites excluding steroid dienone is 1. The van der Waals surface area contributed by atoms with Gasteiger partial charge >= 0.3 is 0 Å². The monoisotopic (exact) mass is 234 g/mol. The Kier molecular flexibility index (Phi) is 3.20. The number of fused-ring (bicyclic) bond motifs is 2. The molecule has 3 rings (SSSR count). The normalized spacial score (nSPS) is 10.3. The number of benzene rings is 3. The van der Waals surface area contributed by atoms with E-state index in [2.05, 4.69) is 68.1 Å². The summed E-state index contributed by atoms with van der Waals surface area (Å²) < 4.78 is 0. The predicted molar refractivity (Wildman–Crippen MR) is 82.9 cm³/mol. The van der Waals surface area contributed by atoms with E-state index in [1.165, 1.54) is 27.1 Å². The molecule has 90 valence electrons. The summed E-state index contributed by atoms with van der Waals surface area (Å²) in [5.74, 6) is 0. The van der Waals surface area contributed by atoms with Gasteiger partial charge in [0.25, 0.3) is 0 Å². The van der Waals surface area contributed by atoms with Gasteiger partial charge in [-0.15, -0.1) is 0 Å². The standard InChI is InChI=1S/C17H14.CH4/c1-12(2)17-15-9-5-3-7-13(15)11-14-8-4-6-10-16(14)17;/h3-11H,1H2,2H3;1H4. The SMILES string of the molecule is C.C=C(C)c1c2ccccc2cc2ccccc12. The maximum atomic E-state index is 4.13. The molecule has 0 radical (unpaired) electrons. The van der Waals surface area contributed by atoms with Crippen molar-refractivity contribution >= 4 is 27.1 Å². The summed E-state index contributed by atoms with van der Waals surface area (Å²) in [6, 6.07) is 19.3. The molecule has 0 saturated heterocycles. The highest BCUT2D eigenvalue weighted by Crippen LogP contribution is 2.32. The third-order valence-electron chi connectivity index (χ3n) is 3.20. The molecule has 0 saturated carbocycles. The topological polar surface area (TPSA) is 0 Å². The van der Waals surface area contributed by atoms with Crippen LogP contribution in [0.15, 0.2) is 61.2 Å². The van der Waals surface area contributed by atoms with Gasteiger partial charge in [0.1, 0.15) is 0 Å². The Balaban J connectivity index is 0.00000120. The van der Waals surface area contributed by atoms with Crippen LogP contribution < -0.4 is 0 Å². The van der Waals surface area contributed by atoms with Crippen LogP contribution in [0, 0.1) is 0 Å². The Morgan fingerprint density at radius 1 is 0.833 bits per heavy atom. The minimum Gasteiger partial charge on any atom is -0.0955 e. The predicted octanol–water partition coefficient (Wildman–Crippen LogP) is 5.66. The van der Waals surface area contributed by atoms with Crippen LogP contribution in [-0.4, -0.2) is 0 Å². The summed E-state index contributed by atoms with van der Waals surface area (Å²) in [6.45, 7) is 6.20. The molecular formula is C18H18. The summed E-state index contributed by atoms with van der Waals surface area (Å²) in [7, 11) is 0. The largest absolute Gasteiger partial charge is 0.0955 e. The molecule has 3 aromatic rings. The summed E-state index contributed by atoms with van der Waals surface area (Å²) in [6.07, 6.45) is 0. The maximum Gasteiger partial charge on any atom is -0.00760 e. The molecule has 0 N–H and O–H groups in total. The molecule has 3 aromatic carbocycles. The molecule has 0 heterocycles. The fourth-order valence-corrected chi connectivity index (χ4v) is 2.47. The van der Waals surface area contributed by atoms with Crippen LogP contribution in [0.2, 0.25) is 0 Å². The second kappa shape index (κ2) is 4.66. The minimum absolute atomic E-state index is 0. The molecule has 0 nitrogen and oxygen atoms in total. The molecule has 0 unspecified atom stereocenters. The quantitative estimate of drug-likeness (QED) is 0.476. The van der Waals surface area contributed by atoms with E-state index >= 15 is 0 Å². The van der Waals surface area contributed by atoms with Gasteiger partial charge < -0.3 is 0 Å². The Bertz CT molecular complexity index is 666. The van der Waals surface area contributed by atoms with Crippen molar-refractivity contribution < 1.29 is 0 Å². The third-order valence-corrected chi connectivity index (χ3v) is 3.20. The first-order chi connectivity index (χ1) is 8.27. The highest BCUT2D eigenvalue weighted by atomic mass is 14.1. The lowest BCUT2D eigenvalue weighted by atomic mass is 9.93. The van der Waals surface area contributed by atoms with Crippen LogP contribution in [0.25, 0.3) is 27.1 Å². The van der Waals surface area contributed by atoms with Crippen LogP contribution in [-0.2, 0) is 0 Å². The first kappa shape index (κ1) is 12.4. The van der Waals surface area contributed by atoms with E-state index in [0.29, 0.717) is 0 Å². The summed E-state index contributed by atoms with van der Waals surface area (Å²) >= 11 is 0. The first-order valence-electron chi connectivity index (χ1n) is 5.84. The second-order valence-electron chi connectivity index (χ2n) is 4.47. The third kappa shape index (κ3) is 1.80. The van der Waals surface area contributed by atoms with E-state index in [0.717, 1.165) is 5.57 Å². The van der Waals surface area contributed by atoms with Gasteiger partial charge in [0.2, 0.25) is 0 Å². The molecule has 18 heavy (non-hydrogen) atoms. The summed E-state index contributed by atoms with van der Waals surface area (Å²) in [5.41, 5.74) is 2.40. The van der Waals surface area contributed by atoms with Crippen LogP contribution >= 0.6 is 0 Å². The van der Waals surface area contributed by atoms with E-state index in [-0.39, 0.29) is 7.43 Å². The molecule has 0 aliphatic rings. The Hall–Kier alpha value is -2.08. The molecular weight excluding hydrogens is 216 g/mol.